The van der Waals surface area contributed by atoms with Crippen molar-refractivity contribution in [3.8, 4) is 22.3 Å². The maximum absolute atomic E-state index is 12.6. The van der Waals surface area contributed by atoms with Gasteiger partial charge in [0.2, 0.25) is 0 Å². The van der Waals surface area contributed by atoms with E-state index < -0.39 is 23.5 Å². The van der Waals surface area contributed by atoms with Crippen molar-refractivity contribution >= 4 is 31.1 Å². The van der Waals surface area contributed by atoms with Gasteiger partial charge in [-0.2, -0.15) is 38.5 Å². The van der Waals surface area contributed by atoms with Crippen LogP contribution in [-0.2, 0) is 38.2 Å². The first-order valence-corrected chi connectivity index (χ1v) is 16.0. The van der Waals surface area contributed by atoms with Gasteiger partial charge < -0.3 is 24.8 Å². The number of hydrogen-bond donors (Lipinski definition) is 0. The fourth-order valence-electron chi connectivity index (χ4n) is 4.95. The molecule has 46 heavy (non-hydrogen) atoms. The van der Waals surface area contributed by atoms with Gasteiger partial charge in [0, 0.05) is 9.52 Å². The quantitative estimate of drug-likeness (QED) is 0.121. The minimum atomic E-state index is -4.29. The number of alkyl halides is 6. The number of halogens is 8. The third-order valence-electron chi connectivity index (χ3n) is 6.84. The van der Waals surface area contributed by atoms with E-state index in [-0.39, 0.29) is 50.7 Å². The third kappa shape index (κ3) is 10.2. The Hall–Kier alpha value is -2.65. The molecule has 0 saturated heterocycles. The topological polar surface area (TPSA) is 0 Å². The molecule has 6 aromatic carbocycles. The maximum atomic E-state index is 12.6. The number of benzene rings is 4. The first-order chi connectivity index (χ1) is 20.3. The van der Waals surface area contributed by atoms with Crippen LogP contribution in [-0.4, -0.2) is 9.52 Å². The van der Waals surface area contributed by atoms with Crippen LogP contribution in [0.3, 0.4) is 0 Å². The van der Waals surface area contributed by atoms with Crippen LogP contribution in [0.4, 0.5) is 26.3 Å². The first-order valence-electron chi connectivity index (χ1n) is 13.7. The summed E-state index contributed by atoms with van der Waals surface area (Å²) in [7, 11) is 0.750. The Morgan fingerprint density at radius 3 is 1.11 bits per heavy atom. The number of aryl methyl sites for hydroxylation is 2. The van der Waals surface area contributed by atoms with E-state index in [4.69, 9.17) is 0 Å². The molecule has 0 aliphatic rings. The van der Waals surface area contributed by atoms with E-state index in [0.717, 1.165) is 88.7 Å². The Labute approximate surface area is 299 Å². The van der Waals surface area contributed by atoms with E-state index >= 15 is 0 Å². The van der Waals surface area contributed by atoms with Crippen molar-refractivity contribution in [2.75, 3.05) is 0 Å². The molecule has 0 amide bonds. The van der Waals surface area contributed by atoms with Gasteiger partial charge in [0.05, 0.1) is 11.1 Å². The summed E-state index contributed by atoms with van der Waals surface area (Å²) < 4.78 is 75.5. The molecular weight excluding hydrogens is 824 g/mol. The summed E-state index contributed by atoms with van der Waals surface area (Å²) in [5, 5.41) is 4.37. The van der Waals surface area contributed by atoms with Gasteiger partial charge in [0.15, 0.2) is 0 Å². The van der Waals surface area contributed by atoms with E-state index in [1.54, 1.807) is 0 Å². The molecule has 239 valence electrons. The van der Waals surface area contributed by atoms with Gasteiger partial charge in [0.1, 0.15) is 0 Å². The fraction of sp³-hybridized carbons (Fsp3) is 0.167. The predicted molar refractivity (Wildman–Crippen MR) is 168 cm³/mol. The zero-order valence-electron chi connectivity index (χ0n) is 25.5. The molecule has 0 aliphatic heterocycles. The van der Waals surface area contributed by atoms with Crippen molar-refractivity contribution in [1.82, 2.24) is 0 Å². The average Bonchev–Trinajstić information content (AvgIpc) is 3.53. The van der Waals surface area contributed by atoms with Gasteiger partial charge in [-0.1, -0.05) is 74.5 Å². The van der Waals surface area contributed by atoms with Crippen LogP contribution >= 0.6 is 0 Å². The van der Waals surface area contributed by atoms with Crippen molar-refractivity contribution < 1.29 is 77.0 Å². The van der Waals surface area contributed by atoms with Crippen LogP contribution in [0.2, 0.25) is 13.1 Å². The van der Waals surface area contributed by atoms with Crippen molar-refractivity contribution in [2.45, 2.75) is 39.3 Å². The Kier molecular flexibility index (Phi) is 15.7. The second kappa shape index (κ2) is 17.5. The summed E-state index contributed by atoms with van der Waals surface area (Å²) in [6.45, 7) is 8.44. The zero-order valence-corrected chi connectivity index (χ0v) is 31.8. The van der Waals surface area contributed by atoms with Gasteiger partial charge in [0.25, 0.3) is 0 Å². The molecule has 0 N–H and O–H groups in total. The third-order valence-corrected chi connectivity index (χ3v) is 6.84. The van der Waals surface area contributed by atoms with Crippen LogP contribution in [0.25, 0.3) is 43.8 Å². The van der Waals surface area contributed by atoms with Crippen molar-refractivity contribution in [3.05, 3.63) is 131 Å². The maximum Gasteiger partial charge on any atom is 4.00 e. The predicted octanol–water partition coefficient (Wildman–Crippen LogP) is 5.63. The normalized spacial score (nSPS) is 10.8. The van der Waals surface area contributed by atoms with Crippen LogP contribution in [0.1, 0.15) is 22.3 Å². The summed E-state index contributed by atoms with van der Waals surface area (Å²) in [5.74, 6) is 0. The van der Waals surface area contributed by atoms with E-state index in [9.17, 15) is 26.3 Å². The molecule has 0 fully saturated rings. The molecule has 0 atom stereocenters. The molecule has 1 radical (unpaired) electrons. The van der Waals surface area contributed by atoms with Crippen molar-refractivity contribution in [3.63, 3.8) is 0 Å². The average molecular weight is 855 g/mol. The largest absolute Gasteiger partial charge is 4.00 e. The Morgan fingerprint density at radius 1 is 0.522 bits per heavy atom. The second-order valence-electron chi connectivity index (χ2n) is 10.4. The number of rotatable bonds is 2. The van der Waals surface area contributed by atoms with Gasteiger partial charge in [-0.25, -0.2) is 0 Å². The summed E-state index contributed by atoms with van der Waals surface area (Å²) >= 11 is 0. The molecule has 0 unspecified atom stereocenters. The molecule has 6 rings (SSSR count). The van der Waals surface area contributed by atoms with Crippen LogP contribution < -0.4 is 24.8 Å². The molecule has 0 aromatic heterocycles. The van der Waals surface area contributed by atoms with Crippen molar-refractivity contribution in [1.29, 1.82) is 0 Å². The van der Waals surface area contributed by atoms with Gasteiger partial charge >= 0.3 is 38.2 Å². The van der Waals surface area contributed by atoms with Crippen LogP contribution in [0.15, 0.2) is 109 Å². The van der Waals surface area contributed by atoms with Gasteiger partial charge in [-0.05, 0) is 35.4 Å². The van der Waals surface area contributed by atoms with Crippen molar-refractivity contribution in [2.24, 2.45) is 0 Å². The van der Waals surface area contributed by atoms with Gasteiger partial charge in [-0.3, -0.25) is 0 Å². The molecule has 6 aromatic rings. The summed E-state index contributed by atoms with van der Waals surface area (Å²) in [5.41, 5.74) is 4.59. The van der Waals surface area contributed by atoms with E-state index in [1.165, 1.54) is 24.3 Å². The Morgan fingerprint density at radius 2 is 0.826 bits per heavy atom. The van der Waals surface area contributed by atoms with E-state index in [1.807, 2.05) is 50.2 Å². The Balaban J connectivity index is 0.000000400. The molecule has 0 spiro atoms. The zero-order chi connectivity index (χ0) is 31.4. The monoisotopic (exact) mass is 855 g/mol. The SMILES string of the molecule is C[SiH]C.Cc1cc2c(-c3ccc(C(F)(F)F)cc3)cccc2[cH-]1.Cc1cc2c(-c3ccc(C(F)(F)F)cc3)cccc2[cH-]1.[Cl-].[Cl-].[Hf+4]. The van der Waals surface area contributed by atoms with E-state index in [2.05, 4.69) is 37.4 Å². The Bertz CT molecular complexity index is 1670. The molecule has 0 heterocycles. The number of hydrogen-bond acceptors (Lipinski definition) is 0. The molecule has 0 saturated carbocycles. The van der Waals surface area contributed by atoms with E-state index in [0.29, 0.717) is 0 Å². The van der Waals surface area contributed by atoms with Gasteiger partial charge in [-0.15, -0.1) is 69.1 Å². The second-order valence-corrected chi connectivity index (χ2v) is 11.6. The summed E-state index contributed by atoms with van der Waals surface area (Å²) in [6.07, 6.45) is -8.58. The standard InChI is InChI=1S/2C17H12F3.C2H7Si.2ClH.Hf/c2*1-11-9-13-3-2-4-15(16(13)10-11)12-5-7-14(8-6-12)17(18,19)20;1-3-2;;;/h2*2-10H,1H3;3H,1-2H3;2*1H;/q2*-1;;;;+4/p-2. The molecule has 0 nitrogen and oxygen atoms in total. The molecule has 10 heteroatoms. The fourth-order valence-corrected chi connectivity index (χ4v) is 4.95. The smallest absolute Gasteiger partial charge is 1.00 e. The molecular formula is C36H31Cl2F6HfSi. The minimum absolute atomic E-state index is 0. The minimum Gasteiger partial charge on any atom is -1.00 e. The molecule has 0 aliphatic carbocycles. The summed E-state index contributed by atoms with van der Waals surface area (Å²) in [6, 6.07) is 30.6. The van der Waals surface area contributed by atoms with Crippen LogP contribution in [0.5, 0.6) is 0 Å². The first kappa shape index (κ1) is 41.4. The van der Waals surface area contributed by atoms with Crippen LogP contribution in [0, 0.1) is 13.8 Å². The summed E-state index contributed by atoms with van der Waals surface area (Å²) in [4.78, 5) is 0. The molecule has 0 bridgehead atoms. The number of fused-ring (bicyclic) bond motifs is 2.